The van der Waals surface area contributed by atoms with Crippen LogP contribution in [0.15, 0.2) is 0 Å². The Morgan fingerprint density at radius 3 is 2.13 bits per heavy atom. The molecular weight excluding hydrogens is 292 g/mol. The van der Waals surface area contributed by atoms with E-state index in [0.29, 0.717) is 6.54 Å². The van der Waals surface area contributed by atoms with Gasteiger partial charge < -0.3 is 10.6 Å². The van der Waals surface area contributed by atoms with E-state index in [-0.39, 0.29) is 29.4 Å². The van der Waals surface area contributed by atoms with Gasteiger partial charge in [-0.3, -0.25) is 19.4 Å². The van der Waals surface area contributed by atoms with Crippen LogP contribution in [0, 0.1) is 0 Å². The van der Waals surface area contributed by atoms with Crippen molar-refractivity contribution in [2.75, 3.05) is 32.7 Å². The average Bonchev–Trinajstić information content (AvgIpc) is 2.45. The fourth-order valence-electron chi connectivity index (χ4n) is 2.57. The minimum atomic E-state index is -0.207. The van der Waals surface area contributed by atoms with E-state index in [0.717, 1.165) is 32.6 Å². The minimum Gasteiger partial charge on any atom is -0.353 e. The Morgan fingerprint density at radius 1 is 1.09 bits per heavy atom. The molecule has 2 atom stereocenters. The molecule has 1 saturated heterocycles. The highest BCUT2D eigenvalue weighted by molar-refractivity contribution is 5.82. The highest BCUT2D eigenvalue weighted by atomic mass is 16.2. The largest absolute Gasteiger partial charge is 0.353 e. The number of hydrogen-bond donors (Lipinski definition) is 2. The summed E-state index contributed by atoms with van der Waals surface area (Å²) in [6, 6.07) is 0.0928. The maximum absolute atomic E-state index is 12.2. The van der Waals surface area contributed by atoms with E-state index >= 15 is 0 Å². The van der Waals surface area contributed by atoms with E-state index in [1.165, 1.54) is 0 Å². The number of hydrogen-bond acceptors (Lipinski definition) is 4. The lowest BCUT2D eigenvalue weighted by Gasteiger charge is -2.38. The van der Waals surface area contributed by atoms with Crippen LogP contribution in [0.25, 0.3) is 0 Å². The second-order valence-electron chi connectivity index (χ2n) is 7.60. The monoisotopic (exact) mass is 326 g/mol. The second kappa shape index (κ2) is 8.64. The number of piperazine rings is 1. The van der Waals surface area contributed by atoms with Crippen LogP contribution in [-0.4, -0.2) is 72.0 Å². The first-order valence-corrected chi connectivity index (χ1v) is 8.70. The molecule has 0 aromatic rings. The standard InChI is InChI=1S/C17H34N4O2/c1-7-13(2)18-15(22)12-20-8-10-21(11-9-20)14(3)16(23)19-17(4,5)6/h13-14H,7-12H2,1-6H3,(H,18,22)(H,19,23). The molecule has 1 heterocycles. The SMILES string of the molecule is CCC(C)NC(=O)CN1CCN(C(C)C(=O)NC(C)(C)C)CC1. The van der Waals surface area contributed by atoms with Crippen molar-refractivity contribution in [3.63, 3.8) is 0 Å². The second-order valence-corrected chi connectivity index (χ2v) is 7.60. The first kappa shape index (κ1) is 19.9. The van der Waals surface area contributed by atoms with Crippen LogP contribution in [-0.2, 0) is 9.59 Å². The summed E-state index contributed by atoms with van der Waals surface area (Å²) >= 11 is 0. The van der Waals surface area contributed by atoms with Gasteiger partial charge in [-0.05, 0) is 41.0 Å². The van der Waals surface area contributed by atoms with Gasteiger partial charge >= 0.3 is 0 Å². The number of nitrogens with zero attached hydrogens (tertiary/aromatic N) is 2. The molecule has 1 aliphatic rings. The zero-order valence-corrected chi connectivity index (χ0v) is 15.6. The topological polar surface area (TPSA) is 64.7 Å². The number of rotatable bonds is 6. The molecule has 6 nitrogen and oxygen atoms in total. The van der Waals surface area contributed by atoms with Crippen molar-refractivity contribution in [2.24, 2.45) is 0 Å². The molecule has 0 aliphatic carbocycles. The number of amides is 2. The lowest BCUT2D eigenvalue weighted by Crippen LogP contribution is -2.57. The van der Waals surface area contributed by atoms with Crippen LogP contribution in [0.1, 0.15) is 48.0 Å². The smallest absolute Gasteiger partial charge is 0.237 e. The summed E-state index contributed by atoms with van der Waals surface area (Å²) in [6.07, 6.45) is 0.944. The Hall–Kier alpha value is -1.14. The summed E-state index contributed by atoms with van der Waals surface area (Å²) in [4.78, 5) is 28.5. The van der Waals surface area contributed by atoms with E-state index in [4.69, 9.17) is 0 Å². The van der Waals surface area contributed by atoms with E-state index in [1.54, 1.807) is 0 Å². The van der Waals surface area contributed by atoms with Crippen molar-refractivity contribution in [3.8, 4) is 0 Å². The molecule has 0 radical (unpaired) electrons. The molecule has 1 aliphatic heterocycles. The van der Waals surface area contributed by atoms with Gasteiger partial charge in [0.25, 0.3) is 0 Å². The molecule has 0 bridgehead atoms. The van der Waals surface area contributed by atoms with E-state index < -0.39 is 0 Å². The summed E-state index contributed by atoms with van der Waals surface area (Å²) < 4.78 is 0. The first-order chi connectivity index (χ1) is 10.6. The van der Waals surface area contributed by atoms with Gasteiger partial charge in [0.2, 0.25) is 11.8 Å². The number of carbonyl (C=O) groups is 2. The normalized spacial score (nSPS) is 19.9. The van der Waals surface area contributed by atoms with Gasteiger partial charge in [0.15, 0.2) is 0 Å². The summed E-state index contributed by atoms with van der Waals surface area (Å²) in [5.41, 5.74) is -0.207. The number of nitrogens with one attached hydrogen (secondary N) is 2. The predicted molar refractivity (Wildman–Crippen MR) is 93.3 cm³/mol. The highest BCUT2D eigenvalue weighted by Gasteiger charge is 2.28. The van der Waals surface area contributed by atoms with Crippen LogP contribution in [0.2, 0.25) is 0 Å². The predicted octanol–water partition coefficient (Wildman–Crippen LogP) is 0.822. The summed E-state index contributed by atoms with van der Waals surface area (Å²) in [5, 5.41) is 6.03. The molecule has 2 amide bonds. The fraction of sp³-hybridized carbons (Fsp3) is 0.882. The molecule has 0 aromatic heterocycles. The molecule has 1 fully saturated rings. The van der Waals surface area contributed by atoms with Crippen molar-refractivity contribution in [1.29, 1.82) is 0 Å². The summed E-state index contributed by atoms with van der Waals surface area (Å²) in [6.45, 7) is 15.7. The lowest BCUT2D eigenvalue weighted by atomic mass is 10.1. The van der Waals surface area contributed by atoms with Crippen molar-refractivity contribution >= 4 is 11.8 Å². The fourth-order valence-corrected chi connectivity index (χ4v) is 2.57. The molecule has 23 heavy (non-hydrogen) atoms. The Bertz CT molecular complexity index is 398. The molecule has 134 valence electrons. The molecule has 0 saturated carbocycles. The zero-order valence-electron chi connectivity index (χ0n) is 15.6. The summed E-state index contributed by atoms with van der Waals surface area (Å²) in [7, 11) is 0. The van der Waals surface area contributed by atoms with Crippen molar-refractivity contribution < 1.29 is 9.59 Å². The van der Waals surface area contributed by atoms with Gasteiger partial charge in [-0.1, -0.05) is 6.92 Å². The van der Waals surface area contributed by atoms with Crippen LogP contribution in [0.3, 0.4) is 0 Å². The summed E-state index contributed by atoms with van der Waals surface area (Å²) in [5.74, 6) is 0.159. The molecule has 1 rings (SSSR count). The van der Waals surface area contributed by atoms with Gasteiger partial charge in [0.1, 0.15) is 0 Å². The van der Waals surface area contributed by atoms with Gasteiger partial charge in [0, 0.05) is 37.8 Å². The van der Waals surface area contributed by atoms with E-state index in [2.05, 4.69) is 27.4 Å². The Balaban J connectivity index is 2.37. The van der Waals surface area contributed by atoms with Gasteiger partial charge in [-0.2, -0.15) is 0 Å². The molecule has 6 heteroatoms. The van der Waals surface area contributed by atoms with Crippen LogP contribution in [0.4, 0.5) is 0 Å². The third kappa shape index (κ3) is 7.31. The zero-order chi connectivity index (χ0) is 17.6. The Morgan fingerprint density at radius 2 is 1.65 bits per heavy atom. The Labute approximate surface area is 141 Å². The lowest BCUT2D eigenvalue weighted by molar-refractivity contribution is -0.129. The number of carbonyl (C=O) groups excluding carboxylic acids is 2. The van der Waals surface area contributed by atoms with Crippen LogP contribution >= 0.6 is 0 Å². The quantitative estimate of drug-likeness (QED) is 0.759. The van der Waals surface area contributed by atoms with Gasteiger partial charge in [-0.15, -0.1) is 0 Å². The molecule has 0 aromatic carbocycles. The van der Waals surface area contributed by atoms with Crippen molar-refractivity contribution in [3.05, 3.63) is 0 Å². The molecule has 2 unspecified atom stereocenters. The molecule has 2 N–H and O–H groups in total. The molecule has 0 spiro atoms. The van der Waals surface area contributed by atoms with E-state index in [9.17, 15) is 9.59 Å². The maximum Gasteiger partial charge on any atom is 0.237 e. The van der Waals surface area contributed by atoms with Gasteiger partial charge in [0.05, 0.1) is 12.6 Å². The van der Waals surface area contributed by atoms with E-state index in [1.807, 2.05) is 34.6 Å². The first-order valence-electron chi connectivity index (χ1n) is 8.70. The third-order valence-electron chi connectivity index (χ3n) is 4.22. The highest BCUT2D eigenvalue weighted by Crippen LogP contribution is 2.08. The van der Waals surface area contributed by atoms with Crippen molar-refractivity contribution in [2.45, 2.75) is 65.6 Å². The average molecular weight is 326 g/mol. The third-order valence-corrected chi connectivity index (χ3v) is 4.22. The van der Waals surface area contributed by atoms with Crippen LogP contribution in [0.5, 0.6) is 0 Å². The van der Waals surface area contributed by atoms with Gasteiger partial charge in [-0.25, -0.2) is 0 Å². The molecular formula is C17H34N4O2. The maximum atomic E-state index is 12.2. The minimum absolute atomic E-state index is 0.0699. The van der Waals surface area contributed by atoms with Crippen molar-refractivity contribution in [1.82, 2.24) is 20.4 Å². The Kier molecular flexibility index (Phi) is 7.48. The van der Waals surface area contributed by atoms with Crippen LogP contribution < -0.4 is 10.6 Å².